The summed E-state index contributed by atoms with van der Waals surface area (Å²) in [5, 5.41) is 3.85. The summed E-state index contributed by atoms with van der Waals surface area (Å²) in [5.41, 5.74) is 2.91. The first kappa shape index (κ1) is 21.4. The lowest BCUT2D eigenvalue weighted by atomic mass is 10.1. The molecule has 0 aliphatic carbocycles. The van der Waals surface area contributed by atoms with Crippen molar-refractivity contribution in [3.63, 3.8) is 0 Å². The number of nitrogens with one attached hydrogen (secondary N) is 1. The van der Waals surface area contributed by atoms with Crippen LogP contribution in [0.5, 0.6) is 5.75 Å². The maximum Gasteiger partial charge on any atom is 0.251 e. The molecular weight excluding hydrogens is 412 g/mol. The minimum absolute atomic E-state index is 0.100. The van der Waals surface area contributed by atoms with Gasteiger partial charge in [-0.05, 0) is 51.8 Å². The molecule has 8 heteroatoms. The van der Waals surface area contributed by atoms with Gasteiger partial charge in [-0.15, -0.1) is 11.3 Å². The minimum Gasteiger partial charge on any atom is -0.491 e. The molecule has 1 aromatic carbocycles. The highest BCUT2D eigenvalue weighted by molar-refractivity contribution is 7.14. The van der Waals surface area contributed by atoms with Crippen molar-refractivity contribution in [2.45, 2.75) is 45.8 Å². The monoisotopic (exact) mass is 438 g/mol. The van der Waals surface area contributed by atoms with Gasteiger partial charge in [-0.3, -0.25) is 14.8 Å². The first-order valence-corrected chi connectivity index (χ1v) is 11.2. The van der Waals surface area contributed by atoms with Crippen LogP contribution in [0, 0.1) is 13.8 Å². The number of hydrogen-bond acceptors (Lipinski definition) is 7. The fourth-order valence-electron chi connectivity index (χ4n) is 3.37. The maximum absolute atomic E-state index is 13.0. The van der Waals surface area contributed by atoms with Crippen molar-refractivity contribution < 1.29 is 14.3 Å². The van der Waals surface area contributed by atoms with Crippen molar-refractivity contribution in [1.29, 1.82) is 0 Å². The van der Waals surface area contributed by atoms with Gasteiger partial charge in [-0.1, -0.05) is 0 Å². The van der Waals surface area contributed by atoms with Crippen molar-refractivity contribution in [2.24, 2.45) is 0 Å². The lowest BCUT2D eigenvalue weighted by Gasteiger charge is -2.16. The molecule has 1 fully saturated rings. The predicted molar refractivity (Wildman–Crippen MR) is 119 cm³/mol. The van der Waals surface area contributed by atoms with Crippen LogP contribution in [0.3, 0.4) is 0 Å². The number of benzene rings is 1. The average Bonchev–Trinajstić information content (AvgIpc) is 3.44. The number of hydrogen-bond donors (Lipinski definition) is 1. The standard InChI is InChI=1S/C23H26N4O3S/c1-14-10-25-21(12-24-14)16(3)27-22(28)17-7-18(23-26-11-15(2)31-23)9-20(8-17)30-13-19-5-4-6-29-19/h7-12,16,19H,4-6,13H2,1-3H3,(H,27,28)/t16?,19-/m1/s1. The molecular formula is C23H26N4O3S. The molecule has 0 saturated carbocycles. The van der Waals surface area contributed by atoms with Crippen LogP contribution in [0.15, 0.2) is 36.8 Å². The second kappa shape index (κ2) is 9.53. The van der Waals surface area contributed by atoms with E-state index in [9.17, 15) is 4.79 Å². The number of aromatic nitrogens is 3. The normalized spacial score (nSPS) is 16.8. The van der Waals surface area contributed by atoms with Crippen molar-refractivity contribution >= 4 is 17.2 Å². The Hall–Kier alpha value is -2.84. The van der Waals surface area contributed by atoms with Gasteiger partial charge >= 0.3 is 0 Å². The first-order valence-electron chi connectivity index (χ1n) is 10.4. The zero-order valence-electron chi connectivity index (χ0n) is 17.9. The number of nitrogens with zero attached hydrogens (tertiary/aromatic N) is 3. The Morgan fingerprint density at radius 3 is 2.77 bits per heavy atom. The van der Waals surface area contributed by atoms with E-state index in [4.69, 9.17) is 9.47 Å². The summed E-state index contributed by atoms with van der Waals surface area (Å²) in [6.45, 7) is 7.03. The molecule has 1 N–H and O–H groups in total. The van der Waals surface area contributed by atoms with Crippen LogP contribution in [0.4, 0.5) is 0 Å². The van der Waals surface area contributed by atoms with Gasteiger partial charge in [0.15, 0.2) is 0 Å². The molecule has 3 heterocycles. The largest absolute Gasteiger partial charge is 0.491 e. The Labute approximate surface area is 185 Å². The van der Waals surface area contributed by atoms with Gasteiger partial charge in [-0.25, -0.2) is 4.98 Å². The molecule has 2 aromatic heterocycles. The molecule has 4 rings (SSSR count). The second-order valence-corrected chi connectivity index (χ2v) is 8.98. The van der Waals surface area contributed by atoms with Gasteiger partial charge in [-0.2, -0.15) is 0 Å². The number of aryl methyl sites for hydroxylation is 2. The average molecular weight is 439 g/mol. The van der Waals surface area contributed by atoms with Crippen LogP contribution >= 0.6 is 11.3 Å². The highest BCUT2D eigenvalue weighted by atomic mass is 32.1. The Kier molecular flexibility index (Phi) is 6.58. The lowest BCUT2D eigenvalue weighted by molar-refractivity contribution is 0.0679. The minimum atomic E-state index is -0.275. The quantitative estimate of drug-likeness (QED) is 0.593. The Morgan fingerprint density at radius 2 is 2.10 bits per heavy atom. The molecule has 7 nitrogen and oxygen atoms in total. The highest BCUT2D eigenvalue weighted by Crippen LogP contribution is 2.30. The maximum atomic E-state index is 13.0. The molecule has 0 bridgehead atoms. The smallest absolute Gasteiger partial charge is 0.251 e. The number of thiazole rings is 1. The zero-order chi connectivity index (χ0) is 21.8. The van der Waals surface area contributed by atoms with E-state index >= 15 is 0 Å². The van der Waals surface area contributed by atoms with Gasteiger partial charge in [0.25, 0.3) is 5.91 Å². The van der Waals surface area contributed by atoms with Crippen LogP contribution in [0.2, 0.25) is 0 Å². The molecule has 0 spiro atoms. The Bertz CT molecular complexity index is 1050. The molecule has 1 aliphatic heterocycles. The van der Waals surface area contributed by atoms with E-state index < -0.39 is 0 Å². The Balaban J connectivity index is 1.56. The van der Waals surface area contributed by atoms with Crippen molar-refractivity contribution in [1.82, 2.24) is 20.3 Å². The van der Waals surface area contributed by atoms with Crippen molar-refractivity contribution in [3.8, 4) is 16.3 Å². The number of amides is 1. The third kappa shape index (κ3) is 5.45. The van der Waals surface area contributed by atoms with E-state index in [0.717, 1.165) is 40.6 Å². The third-order valence-electron chi connectivity index (χ3n) is 5.09. The molecule has 2 atom stereocenters. The molecule has 31 heavy (non-hydrogen) atoms. The molecule has 1 saturated heterocycles. The van der Waals surface area contributed by atoms with Gasteiger partial charge in [0.05, 0.1) is 29.7 Å². The molecule has 162 valence electrons. The van der Waals surface area contributed by atoms with Crippen LogP contribution in [-0.4, -0.2) is 40.2 Å². The summed E-state index contributed by atoms with van der Waals surface area (Å²) in [5.74, 6) is 0.431. The molecule has 1 aliphatic rings. The fourth-order valence-corrected chi connectivity index (χ4v) is 4.12. The van der Waals surface area contributed by atoms with E-state index in [2.05, 4.69) is 20.3 Å². The van der Waals surface area contributed by atoms with Gasteiger partial charge < -0.3 is 14.8 Å². The summed E-state index contributed by atoms with van der Waals surface area (Å²) in [4.78, 5) is 27.2. The van der Waals surface area contributed by atoms with E-state index in [0.29, 0.717) is 23.6 Å². The van der Waals surface area contributed by atoms with Crippen molar-refractivity contribution in [2.75, 3.05) is 13.2 Å². The van der Waals surface area contributed by atoms with Crippen LogP contribution in [0.1, 0.15) is 52.4 Å². The summed E-state index contributed by atoms with van der Waals surface area (Å²) in [6.07, 6.45) is 7.36. The van der Waals surface area contributed by atoms with Crippen molar-refractivity contribution in [3.05, 3.63) is 58.6 Å². The van der Waals surface area contributed by atoms with Crippen LogP contribution in [-0.2, 0) is 4.74 Å². The summed E-state index contributed by atoms with van der Waals surface area (Å²) in [7, 11) is 0. The molecule has 3 aromatic rings. The number of ether oxygens (including phenoxy) is 2. The lowest BCUT2D eigenvalue weighted by Crippen LogP contribution is -2.27. The van der Waals surface area contributed by atoms with Crippen LogP contribution < -0.4 is 10.1 Å². The second-order valence-electron chi connectivity index (χ2n) is 7.75. The SMILES string of the molecule is Cc1cnc(C(C)NC(=O)c2cc(OC[C@H]3CCCO3)cc(-c3ncc(C)s3)c2)cn1. The number of rotatable bonds is 7. The van der Waals surface area contributed by atoms with Gasteiger partial charge in [0.1, 0.15) is 17.4 Å². The zero-order valence-corrected chi connectivity index (χ0v) is 18.7. The Morgan fingerprint density at radius 1 is 1.23 bits per heavy atom. The highest BCUT2D eigenvalue weighted by Gasteiger charge is 2.19. The predicted octanol–water partition coefficient (Wildman–Crippen LogP) is 4.27. The fraction of sp³-hybridized carbons (Fsp3) is 0.391. The first-order chi connectivity index (χ1) is 15.0. The summed E-state index contributed by atoms with van der Waals surface area (Å²) < 4.78 is 11.7. The van der Waals surface area contributed by atoms with E-state index in [1.807, 2.05) is 39.1 Å². The molecule has 1 amide bonds. The summed E-state index contributed by atoms with van der Waals surface area (Å²) >= 11 is 1.58. The van der Waals surface area contributed by atoms with Gasteiger partial charge in [0, 0.05) is 35.0 Å². The molecule has 1 unspecified atom stereocenters. The topological polar surface area (TPSA) is 86.2 Å². The van der Waals surface area contributed by atoms with E-state index in [1.54, 1.807) is 29.8 Å². The van der Waals surface area contributed by atoms with Gasteiger partial charge in [0.2, 0.25) is 0 Å². The van der Waals surface area contributed by atoms with E-state index in [1.165, 1.54) is 0 Å². The van der Waals surface area contributed by atoms with Crippen LogP contribution in [0.25, 0.3) is 10.6 Å². The van der Waals surface area contributed by atoms with E-state index in [-0.39, 0.29) is 18.1 Å². The molecule has 0 radical (unpaired) electrons. The summed E-state index contributed by atoms with van der Waals surface area (Å²) in [6, 6.07) is 5.27. The number of carbonyl (C=O) groups excluding carboxylic acids is 1. The third-order valence-corrected chi connectivity index (χ3v) is 6.05. The number of carbonyl (C=O) groups is 1.